The zero-order chi connectivity index (χ0) is 23.4. The second-order valence-corrected chi connectivity index (χ2v) is 8.60. The molecular formula is C24H25ClF3N5. The van der Waals surface area contributed by atoms with E-state index in [1.54, 1.807) is 36.5 Å². The van der Waals surface area contributed by atoms with Crippen LogP contribution in [0.3, 0.4) is 0 Å². The standard InChI is InChI=1S/C24H25ClF3N5/c1-32-12-9-17(10-13-32)31-21-5-2-6-22-20(21)14-19(33(22)16-24(26,27)28)4-3-11-29-18-7-8-23(25)30-15-18/h2,5-8,14-15,17,29,31H,9-13,16H2,1H3. The fourth-order valence-electron chi connectivity index (χ4n) is 4.00. The van der Waals surface area contributed by atoms with Gasteiger partial charge in [-0.05, 0) is 69.2 Å². The lowest BCUT2D eigenvalue weighted by Crippen LogP contribution is -2.36. The maximum Gasteiger partial charge on any atom is 0.406 e. The Kier molecular flexibility index (Phi) is 7.01. The summed E-state index contributed by atoms with van der Waals surface area (Å²) in [5.41, 5.74) is 2.42. The number of halogens is 4. The SMILES string of the molecule is CN1CCC(Nc2cccc3c2cc(C#CCNc2ccc(Cl)nc2)n3CC(F)(F)F)CC1. The quantitative estimate of drug-likeness (QED) is 0.392. The van der Waals surface area contributed by atoms with E-state index in [-0.39, 0.29) is 6.54 Å². The molecule has 0 radical (unpaired) electrons. The molecule has 1 fully saturated rings. The summed E-state index contributed by atoms with van der Waals surface area (Å²) in [4.78, 5) is 6.26. The van der Waals surface area contributed by atoms with Crippen LogP contribution in [0.1, 0.15) is 18.5 Å². The number of piperidine rings is 1. The smallest absolute Gasteiger partial charge is 0.382 e. The number of anilines is 2. The molecule has 0 atom stereocenters. The average Bonchev–Trinajstić information content (AvgIpc) is 3.11. The summed E-state index contributed by atoms with van der Waals surface area (Å²) in [5.74, 6) is 5.83. The van der Waals surface area contributed by atoms with E-state index in [1.165, 1.54) is 4.57 Å². The Hall–Kier alpha value is -2.89. The summed E-state index contributed by atoms with van der Waals surface area (Å²) in [6.45, 7) is 1.16. The van der Waals surface area contributed by atoms with Crippen LogP contribution in [0.15, 0.2) is 42.6 Å². The van der Waals surface area contributed by atoms with Gasteiger partial charge in [-0.3, -0.25) is 0 Å². The zero-order valence-corrected chi connectivity index (χ0v) is 19.0. The molecule has 0 bridgehead atoms. The number of aromatic nitrogens is 2. The van der Waals surface area contributed by atoms with Crippen LogP contribution >= 0.6 is 11.6 Å². The van der Waals surface area contributed by atoms with Crippen LogP contribution in [0.2, 0.25) is 5.15 Å². The number of benzene rings is 1. The summed E-state index contributed by atoms with van der Waals surface area (Å²) >= 11 is 5.77. The van der Waals surface area contributed by atoms with Crippen LogP contribution in [0.4, 0.5) is 24.5 Å². The van der Waals surface area contributed by atoms with Crippen molar-refractivity contribution in [3.8, 4) is 11.8 Å². The van der Waals surface area contributed by atoms with Gasteiger partial charge in [-0.1, -0.05) is 23.6 Å². The van der Waals surface area contributed by atoms with Crippen molar-refractivity contribution in [2.45, 2.75) is 31.6 Å². The molecule has 2 aromatic heterocycles. The van der Waals surface area contributed by atoms with Crippen molar-refractivity contribution in [3.63, 3.8) is 0 Å². The van der Waals surface area contributed by atoms with Crippen LogP contribution in [0, 0.1) is 11.8 Å². The molecule has 0 spiro atoms. The van der Waals surface area contributed by atoms with E-state index in [1.807, 2.05) is 6.07 Å². The molecule has 3 aromatic rings. The number of pyridine rings is 1. The normalized spacial score (nSPS) is 15.3. The second kappa shape index (κ2) is 9.94. The molecule has 0 amide bonds. The molecule has 4 rings (SSSR count). The number of rotatable bonds is 5. The first-order valence-corrected chi connectivity index (χ1v) is 11.1. The van der Waals surface area contributed by atoms with Crippen LogP contribution < -0.4 is 10.6 Å². The van der Waals surface area contributed by atoms with Crippen molar-refractivity contribution in [1.29, 1.82) is 0 Å². The van der Waals surface area contributed by atoms with Gasteiger partial charge in [0.2, 0.25) is 0 Å². The van der Waals surface area contributed by atoms with Crippen LogP contribution in [0.5, 0.6) is 0 Å². The van der Waals surface area contributed by atoms with Crippen molar-refractivity contribution in [2.75, 3.05) is 37.3 Å². The highest BCUT2D eigenvalue weighted by Gasteiger charge is 2.30. The number of likely N-dealkylation sites (tertiary alicyclic amines) is 1. The van der Waals surface area contributed by atoms with E-state index in [0.717, 1.165) is 42.7 Å². The Morgan fingerprint density at radius 3 is 2.67 bits per heavy atom. The number of alkyl halides is 3. The predicted molar refractivity (Wildman–Crippen MR) is 127 cm³/mol. The predicted octanol–water partition coefficient (Wildman–Crippen LogP) is 5.22. The fourth-order valence-corrected chi connectivity index (χ4v) is 4.11. The Morgan fingerprint density at radius 1 is 1.18 bits per heavy atom. The number of hydrogen-bond acceptors (Lipinski definition) is 4. The third kappa shape index (κ3) is 6.12. The van der Waals surface area contributed by atoms with Crippen molar-refractivity contribution >= 4 is 33.9 Å². The molecule has 0 aliphatic carbocycles. The third-order valence-electron chi connectivity index (χ3n) is 5.69. The van der Waals surface area contributed by atoms with Crippen molar-refractivity contribution in [2.24, 2.45) is 0 Å². The van der Waals surface area contributed by atoms with Gasteiger partial charge in [-0.25, -0.2) is 4.98 Å². The van der Waals surface area contributed by atoms with Gasteiger partial charge in [0.1, 0.15) is 11.7 Å². The number of nitrogens with zero attached hydrogens (tertiary/aromatic N) is 3. The van der Waals surface area contributed by atoms with E-state index < -0.39 is 12.7 Å². The summed E-state index contributed by atoms with van der Waals surface area (Å²) in [5, 5.41) is 7.74. The topological polar surface area (TPSA) is 45.1 Å². The van der Waals surface area contributed by atoms with E-state index in [9.17, 15) is 13.2 Å². The lowest BCUT2D eigenvalue weighted by molar-refractivity contribution is -0.140. The van der Waals surface area contributed by atoms with Crippen molar-refractivity contribution < 1.29 is 13.2 Å². The Labute approximate surface area is 195 Å². The molecule has 0 saturated carbocycles. The van der Waals surface area contributed by atoms with Crippen LogP contribution in [0.25, 0.3) is 10.9 Å². The summed E-state index contributed by atoms with van der Waals surface area (Å²) in [7, 11) is 2.09. The monoisotopic (exact) mass is 475 g/mol. The minimum Gasteiger partial charge on any atom is -0.382 e. The zero-order valence-electron chi connectivity index (χ0n) is 18.2. The van der Waals surface area contributed by atoms with Gasteiger partial charge in [0.15, 0.2) is 0 Å². The second-order valence-electron chi connectivity index (χ2n) is 8.22. The van der Waals surface area contributed by atoms with Gasteiger partial charge in [0.05, 0.1) is 29.6 Å². The fraction of sp³-hybridized carbons (Fsp3) is 0.375. The van der Waals surface area contributed by atoms with Crippen LogP contribution in [-0.4, -0.2) is 53.4 Å². The summed E-state index contributed by atoms with van der Waals surface area (Å²) in [6, 6.07) is 10.9. The van der Waals surface area contributed by atoms with Crippen LogP contribution in [-0.2, 0) is 6.54 Å². The molecule has 9 heteroatoms. The Morgan fingerprint density at radius 2 is 1.97 bits per heavy atom. The maximum absolute atomic E-state index is 13.4. The van der Waals surface area contributed by atoms with Gasteiger partial charge < -0.3 is 20.1 Å². The molecule has 2 N–H and O–H groups in total. The Bertz CT molecular complexity index is 1150. The molecule has 1 saturated heterocycles. The van der Waals surface area contributed by atoms with Gasteiger partial charge in [0.25, 0.3) is 0 Å². The van der Waals surface area contributed by atoms with E-state index in [0.29, 0.717) is 22.4 Å². The van der Waals surface area contributed by atoms with Crippen molar-refractivity contribution in [1.82, 2.24) is 14.5 Å². The van der Waals surface area contributed by atoms with Gasteiger partial charge in [-0.2, -0.15) is 13.2 Å². The highest BCUT2D eigenvalue weighted by molar-refractivity contribution is 6.29. The molecule has 1 aliphatic rings. The third-order valence-corrected chi connectivity index (χ3v) is 5.91. The summed E-state index contributed by atoms with van der Waals surface area (Å²) < 4.78 is 41.3. The minimum absolute atomic E-state index is 0.261. The lowest BCUT2D eigenvalue weighted by atomic mass is 10.0. The van der Waals surface area contributed by atoms with E-state index in [2.05, 4.69) is 39.4 Å². The minimum atomic E-state index is -4.35. The van der Waals surface area contributed by atoms with Gasteiger partial charge >= 0.3 is 6.18 Å². The number of fused-ring (bicyclic) bond motifs is 1. The molecule has 5 nitrogen and oxygen atoms in total. The number of hydrogen-bond donors (Lipinski definition) is 2. The molecule has 3 heterocycles. The summed E-state index contributed by atoms with van der Waals surface area (Å²) in [6.07, 6.45) is -0.791. The maximum atomic E-state index is 13.4. The molecular weight excluding hydrogens is 451 g/mol. The molecule has 1 aliphatic heterocycles. The first kappa shape index (κ1) is 23.3. The number of nitrogens with one attached hydrogen (secondary N) is 2. The first-order chi connectivity index (χ1) is 15.8. The molecule has 1 aromatic carbocycles. The van der Waals surface area contributed by atoms with E-state index in [4.69, 9.17) is 11.6 Å². The van der Waals surface area contributed by atoms with Gasteiger partial charge in [0, 0.05) is 17.1 Å². The molecule has 33 heavy (non-hydrogen) atoms. The molecule has 174 valence electrons. The van der Waals surface area contributed by atoms with Gasteiger partial charge in [-0.15, -0.1) is 0 Å². The van der Waals surface area contributed by atoms with E-state index >= 15 is 0 Å². The van der Waals surface area contributed by atoms with Crippen molar-refractivity contribution in [3.05, 3.63) is 53.4 Å². The largest absolute Gasteiger partial charge is 0.406 e. The molecule has 0 unspecified atom stereocenters. The average molecular weight is 476 g/mol. The lowest BCUT2D eigenvalue weighted by Gasteiger charge is -2.30. The highest BCUT2D eigenvalue weighted by atomic mass is 35.5. The highest BCUT2D eigenvalue weighted by Crippen LogP contribution is 2.31. The Balaban J connectivity index is 1.59. The first-order valence-electron chi connectivity index (χ1n) is 10.8.